The molecule has 0 amide bonds. The monoisotopic (exact) mass is 352 g/mol. The molecule has 1 heterocycles. The predicted molar refractivity (Wildman–Crippen MR) is 89.5 cm³/mol. The van der Waals surface area contributed by atoms with Crippen LogP contribution in [0.4, 0.5) is 5.69 Å². The van der Waals surface area contributed by atoms with E-state index >= 15 is 0 Å². The Hall–Kier alpha value is -2.32. The molecule has 0 saturated heterocycles. The Bertz CT molecular complexity index is 800. The van der Waals surface area contributed by atoms with Gasteiger partial charge < -0.3 is 14.8 Å². The molecule has 0 aliphatic carbocycles. The van der Waals surface area contributed by atoms with E-state index in [1.807, 2.05) is 13.8 Å². The Morgan fingerprint density at radius 2 is 2.08 bits per heavy atom. The molecule has 0 unspecified atom stereocenters. The van der Waals surface area contributed by atoms with Crippen molar-refractivity contribution < 1.29 is 22.7 Å². The number of sulfonamides is 1. The number of rotatable bonds is 8. The average molecular weight is 352 g/mol. The van der Waals surface area contributed by atoms with Crippen LogP contribution in [-0.4, -0.2) is 25.5 Å². The molecule has 0 aliphatic heterocycles. The summed E-state index contributed by atoms with van der Waals surface area (Å²) in [5.74, 6) is -0.725. The van der Waals surface area contributed by atoms with E-state index in [1.54, 1.807) is 12.1 Å². The van der Waals surface area contributed by atoms with E-state index in [2.05, 4.69) is 10.0 Å². The molecule has 1 aromatic heterocycles. The fourth-order valence-electron chi connectivity index (χ4n) is 2.02. The highest BCUT2D eigenvalue weighted by Crippen LogP contribution is 2.24. The first-order chi connectivity index (χ1) is 11.3. The summed E-state index contributed by atoms with van der Waals surface area (Å²) in [6.45, 7) is 3.86. The van der Waals surface area contributed by atoms with Gasteiger partial charge in [-0.3, -0.25) is 0 Å². The van der Waals surface area contributed by atoms with Crippen LogP contribution in [0.1, 0.15) is 36.4 Å². The zero-order valence-electron chi connectivity index (χ0n) is 13.4. The van der Waals surface area contributed by atoms with Crippen LogP contribution in [0.25, 0.3) is 0 Å². The van der Waals surface area contributed by atoms with E-state index in [0.717, 1.165) is 12.5 Å². The van der Waals surface area contributed by atoms with Crippen LogP contribution >= 0.6 is 0 Å². The molecule has 24 heavy (non-hydrogen) atoms. The van der Waals surface area contributed by atoms with E-state index in [1.165, 1.54) is 18.4 Å². The van der Waals surface area contributed by atoms with Crippen LogP contribution in [0.15, 0.2) is 45.9 Å². The minimum Gasteiger partial charge on any atom is -0.478 e. The quantitative estimate of drug-likeness (QED) is 0.674. The fraction of sp³-hybridized carbons (Fsp3) is 0.312. The van der Waals surface area contributed by atoms with Crippen LogP contribution in [0.5, 0.6) is 0 Å². The standard InChI is InChI=1S/C16H20N2O5S/c1-3-11(2)18-14-7-6-12(16(19)20)9-15(14)24(21,22)17-10-13-5-4-8-23-13/h4-9,11,17-18H,3,10H2,1-2H3,(H,19,20)/t11-/m1/s1. The predicted octanol–water partition coefficient (Wildman–Crippen LogP) is 2.67. The second kappa shape index (κ2) is 7.50. The number of hydrogen-bond acceptors (Lipinski definition) is 5. The third-order valence-corrected chi connectivity index (χ3v) is 4.99. The van der Waals surface area contributed by atoms with Gasteiger partial charge in [-0.2, -0.15) is 0 Å². The molecular weight excluding hydrogens is 332 g/mol. The number of carboxylic acid groups (broad SMARTS) is 1. The zero-order valence-corrected chi connectivity index (χ0v) is 14.3. The molecule has 3 N–H and O–H groups in total. The largest absolute Gasteiger partial charge is 0.478 e. The highest BCUT2D eigenvalue weighted by atomic mass is 32.2. The molecule has 2 aromatic rings. The first-order valence-corrected chi connectivity index (χ1v) is 8.97. The molecular formula is C16H20N2O5S. The van der Waals surface area contributed by atoms with Gasteiger partial charge in [-0.1, -0.05) is 6.92 Å². The highest BCUT2D eigenvalue weighted by molar-refractivity contribution is 7.89. The lowest BCUT2D eigenvalue weighted by Gasteiger charge is -2.17. The number of anilines is 1. The third kappa shape index (κ3) is 4.36. The minimum absolute atomic E-state index is 0.0184. The Morgan fingerprint density at radius 3 is 2.67 bits per heavy atom. The van der Waals surface area contributed by atoms with E-state index < -0.39 is 16.0 Å². The fourth-order valence-corrected chi connectivity index (χ4v) is 3.21. The molecule has 130 valence electrons. The maximum atomic E-state index is 12.6. The lowest BCUT2D eigenvalue weighted by atomic mass is 10.2. The van der Waals surface area contributed by atoms with Crippen molar-refractivity contribution in [3.8, 4) is 0 Å². The Balaban J connectivity index is 2.35. The number of furan rings is 1. The maximum absolute atomic E-state index is 12.6. The molecule has 8 heteroatoms. The number of hydrogen-bond donors (Lipinski definition) is 3. The van der Waals surface area contributed by atoms with Crippen LogP contribution < -0.4 is 10.0 Å². The van der Waals surface area contributed by atoms with Crippen LogP contribution in [0, 0.1) is 0 Å². The molecule has 0 fully saturated rings. The molecule has 1 aromatic carbocycles. The minimum atomic E-state index is -3.91. The lowest BCUT2D eigenvalue weighted by Crippen LogP contribution is -2.25. The van der Waals surface area contributed by atoms with Gasteiger partial charge in [-0.05, 0) is 43.7 Å². The van der Waals surface area contributed by atoms with Crippen molar-refractivity contribution in [3.63, 3.8) is 0 Å². The topological polar surface area (TPSA) is 109 Å². The van der Waals surface area contributed by atoms with Gasteiger partial charge in [-0.15, -0.1) is 0 Å². The van der Waals surface area contributed by atoms with Gasteiger partial charge in [0.25, 0.3) is 0 Å². The summed E-state index contributed by atoms with van der Waals surface area (Å²) in [6.07, 6.45) is 2.24. The number of benzene rings is 1. The number of carbonyl (C=O) groups is 1. The smallest absolute Gasteiger partial charge is 0.335 e. The summed E-state index contributed by atoms with van der Waals surface area (Å²) in [4.78, 5) is 11.1. The van der Waals surface area contributed by atoms with Crippen molar-refractivity contribution in [3.05, 3.63) is 47.9 Å². The van der Waals surface area contributed by atoms with Gasteiger partial charge in [0.05, 0.1) is 24.1 Å². The summed E-state index contributed by atoms with van der Waals surface area (Å²) in [5.41, 5.74) is 0.268. The van der Waals surface area contributed by atoms with Crippen molar-refractivity contribution in [2.75, 3.05) is 5.32 Å². The maximum Gasteiger partial charge on any atom is 0.335 e. The molecule has 0 saturated carbocycles. The SMILES string of the molecule is CC[C@@H](C)Nc1ccc(C(=O)O)cc1S(=O)(=O)NCc1ccco1. The van der Waals surface area contributed by atoms with Gasteiger partial charge in [0.15, 0.2) is 0 Å². The second-order valence-electron chi connectivity index (χ2n) is 5.37. The van der Waals surface area contributed by atoms with E-state index in [0.29, 0.717) is 11.4 Å². The van der Waals surface area contributed by atoms with E-state index in [4.69, 9.17) is 9.52 Å². The Labute approximate surface area is 140 Å². The summed E-state index contributed by atoms with van der Waals surface area (Å²) in [7, 11) is -3.91. The van der Waals surface area contributed by atoms with Gasteiger partial charge in [0, 0.05) is 6.04 Å². The van der Waals surface area contributed by atoms with Crippen molar-refractivity contribution in [2.24, 2.45) is 0 Å². The van der Waals surface area contributed by atoms with Gasteiger partial charge in [-0.25, -0.2) is 17.9 Å². The second-order valence-corrected chi connectivity index (χ2v) is 7.11. The summed E-state index contributed by atoms with van der Waals surface area (Å²) < 4.78 is 32.7. The highest BCUT2D eigenvalue weighted by Gasteiger charge is 2.21. The molecule has 0 radical (unpaired) electrons. The van der Waals surface area contributed by atoms with Crippen molar-refractivity contribution in [1.29, 1.82) is 0 Å². The normalized spacial score (nSPS) is 12.8. The summed E-state index contributed by atoms with van der Waals surface area (Å²) in [6, 6.07) is 7.34. The van der Waals surface area contributed by atoms with Crippen LogP contribution in [0.2, 0.25) is 0 Å². The van der Waals surface area contributed by atoms with E-state index in [9.17, 15) is 13.2 Å². The molecule has 2 rings (SSSR count). The van der Waals surface area contributed by atoms with Crippen LogP contribution in [-0.2, 0) is 16.6 Å². The third-order valence-electron chi connectivity index (χ3n) is 3.55. The number of nitrogens with one attached hydrogen (secondary N) is 2. The average Bonchev–Trinajstić information content (AvgIpc) is 3.06. The molecule has 1 atom stereocenters. The van der Waals surface area contributed by atoms with Crippen molar-refractivity contribution in [1.82, 2.24) is 4.72 Å². The Kier molecular flexibility index (Phi) is 5.63. The summed E-state index contributed by atoms with van der Waals surface area (Å²) in [5, 5.41) is 12.2. The molecule has 7 nitrogen and oxygen atoms in total. The van der Waals surface area contributed by atoms with Gasteiger partial charge in [0.1, 0.15) is 10.7 Å². The molecule has 0 aliphatic rings. The first kappa shape index (κ1) is 18.0. The van der Waals surface area contributed by atoms with Gasteiger partial charge >= 0.3 is 5.97 Å². The van der Waals surface area contributed by atoms with Crippen molar-refractivity contribution >= 4 is 21.7 Å². The summed E-state index contributed by atoms with van der Waals surface area (Å²) >= 11 is 0. The van der Waals surface area contributed by atoms with Crippen molar-refractivity contribution in [2.45, 2.75) is 37.8 Å². The molecule has 0 spiro atoms. The lowest BCUT2D eigenvalue weighted by molar-refractivity contribution is 0.0696. The van der Waals surface area contributed by atoms with Gasteiger partial charge in [0.2, 0.25) is 10.0 Å². The number of aromatic carboxylic acids is 1. The zero-order chi connectivity index (χ0) is 17.7. The van der Waals surface area contributed by atoms with Crippen LogP contribution in [0.3, 0.4) is 0 Å². The van der Waals surface area contributed by atoms with E-state index in [-0.39, 0.29) is 23.0 Å². The first-order valence-electron chi connectivity index (χ1n) is 7.49. The molecule has 0 bridgehead atoms. The number of carboxylic acids is 1. The Morgan fingerprint density at radius 1 is 1.33 bits per heavy atom.